The normalized spacial score (nSPS) is 12.1. The summed E-state index contributed by atoms with van der Waals surface area (Å²) >= 11 is 0. The Morgan fingerprint density at radius 2 is 1.65 bits per heavy atom. The van der Waals surface area contributed by atoms with Crippen molar-refractivity contribution in [3.05, 3.63) is 54.6 Å². The molecular formula is C17H21NO2. The lowest BCUT2D eigenvalue weighted by atomic mass is 10.1. The molecule has 2 rings (SSSR count). The molecule has 3 nitrogen and oxygen atoms in total. The quantitative estimate of drug-likeness (QED) is 0.813. The Morgan fingerprint density at radius 1 is 1.00 bits per heavy atom. The summed E-state index contributed by atoms with van der Waals surface area (Å²) in [5.41, 5.74) is 2.36. The number of hydrogen-bond donors (Lipinski definition) is 2. The molecule has 1 unspecified atom stereocenters. The molecule has 0 radical (unpaired) electrons. The van der Waals surface area contributed by atoms with Gasteiger partial charge in [0.1, 0.15) is 12.4 Å². The summed E-state index contributed by atoms with van der Waals surface area (Å²) in [6.45, 7) is 3.38. The second-order valence-corrected chi connectivity index (χ2v) is 4.64. The average Bonchev–Trinajstić information content (AvgIpc) is 2.53. The number of aliphatic hydroxyl groups is 1. The molecule has 0 spiro atoms. The smallest absolute Gasteiger partial charge is 0.119 e. The van der Waals surface area contributed by atoms with Crippen LogP contribution in [0.1, 0.15) is 6.92 Å². The van der Waals surface area contributed by atoms with Gasteiger partial charge in [-0.15, -0.1) is 0 Å². The zero-order valence-electron chi connectivity index (χ0n) is 11.8. The molecule has 0 bridgehead atoms. The number of aliphatic hydroxyl groups excluding tert-OH is 1. The predicted molar refractivity (Wildman–Crippen MR) is 81.9 cm³/mol. The van der Waals surface area contributed by atoms with Gasteiger partial charge >= 0.3 is 0 Å². The van der Waals surface area contributed by atoms with Gasteiger partial charge in [0.2, 0.25) is 0 Å². The maximum atomic E-state index is 9.19. The molecule has 20 heavy (non-hydrogen) atoms. The standard InChI is InChI=1S/C17H21NO2/c1-2-18-16(12-19)13-20-17-10-8-15(9-11-17)14-6-4-3-5-7-14/h3-11,16,18-19H,2,12-13H2,1H3. The van der Waals surface area contributed by atoms with Gasteiger partial charge in [-0.1, -0.05) is 49.4 Å². The first-order valence-electron chi connectivity index (χ1n) is 6.96. The molecule has 0 fully saturated rings. The van der Waals surface area contributed by atoms with Crippen molar-refractivity contribution in [3.63, 3.8) is 0 Å². The Hall–Kier alpha value is -1.84. The van der Waals surface area contributed by atoms with Crippen LogP contribution in [-0.2, 0) is 0 Å². The molecule has 0 aliphatic carbocycles. The van der Waals surface area contributed by atoms with Crippen LogP contribution in [0, 0.1) is 0 Å². The van der Waals surface area contributed by atoms with Gasteiger partial charge in [-0.25, -0.2) is 0 Å². The van der Waals surface area contributed by atoms with Crippen LogP contribution in [0.15, 0.2) is 54.6 Å². The first kappa shape index (κ1) is 14.6. The van der Waals surface area contributed by atoms with E-state index in [9.17, 15) is 5.11 Å². The van der Waals surface area contributed by atoms with Gasteiger partial charge in [0.25, 0.3) is 0 Å². The molecule has 2 aromatic rings. The Bertz CT molecular complexity index is 496. The molecule has 0 amide bonds. The Labute approximate surface area is 120 Å². The third-order valence-electron chi connectivity index (χ3n) is 3.13. The summed E-state index contributed by atoms with van der Waals surface area (Å²) in [6, 6.07) is 18.2. The maximum absolute atomic E-state index is 9.19. The van der Waals surface area contributed by atoms with Crippen LogP contribution in [0.5, 0.6) is 5.75 Å². The fourth-order valence-electron chi connectivity index (χ4n) is 2.04. The summed E-state index contributed by atoms with van der Waals surface area (Å²) in [5, 5.41) is 12.4. The van der Waals surface area contributed by atoms with Gasteiger partial charge in [-0.2, -0.15) is 0 Å². The number of rotatable bonds is 7. The highest BCUT2D eigenvalue weighted by molar-refractivity contribution is 5.63. The summed E-state index contributed by atoms with van der Waals surface area (Å²) in [6.07, 6.45) is 0. The van der Waals surface area contributed by atoms with Crippen molar-refractivity contribution in [3.8, 4) is 16.9 Å². The third-order valence-corrected chi connectivity index (χ3v) is 3.13. The van der Waals surface area contributed by atoms with Crippen molar-refractivity contribution >= 4 is 0 Å². The van der Waals surface area contributed by atoms with Crippen molar-refractivity contribution in [1.29, 1.82) is 0 Å². The van der Waals surface area contributed by atoms with Crippen molar-refractivity contribution in [2.24, 2.45) is 0 Å². The first-order chi connectivity index (χ1) is 9.83. The largest absolute Gasteiger partial charge is 0.492 e. The second kappa shape index (κ2) is 7.68. The van der Waals surface area contributed by atoms with E-state index in [1.165, 1.54) is 11.1 Å². The molecule has 0 saturated heterocycles. The summed E-state index contributed by atoms with van der Waals surface area (Å²) < 4.78 is 5.68. The molecule has 0 aliphatic rings. The van der Waals surface area contributed by atoms with E-state index in [2.05, 4.69) is 17.4 Å². The van der Waals surface area contributed by atoms with Crippen LogP contribution in [0.2, 0.25) is 0 Å². The summed E-state index contributed by atoms with van der Waals surface area (Å²) in [5.74, 6) is 0.820. The van der Waals surface area contributed by atoms with Gasteiger partial charge in [0.15, 0.2) is 0 Å². The molecule has 106 valence electrons. The molecule has 0 saturated carbocycles. The van der Waals surface area contributed by atoms with Crippen molar-refractivity contribution in [1.82, 2.24) is 5.32 Å². The van der Waals surface area contributed by atoms with Crippen LogP contribution < -0.4 is 10.1 Å². The molecule has 0 heterocycles. The highest BCUT2D eigenvalue weighted by Crippen LogP contribution is 2.22. The SMILES string of the molecule is CCNC(CO)COc1ccc(-c2ccccc2)cc1. The fraction of sp³-hybridized carbons (Fsp3) is 0.294. The number of nitrogens with one attached hydrogen (secondary N) is 1. The van der Waals surface area contributed by atoms with Gasteiger partial charge in [0, 0.05) is 0 Å². The van der Waals surface area contributed by atoms with Crippen molar-refractivity contribution in [2.45, 2.75) is 13.0 Å². The molecule has 2 N–H and O–H groups in total. The predicted octanol–water partition coefficient (Wildman–Crippen LogP) is 2.70. The molecular weight excluding hydrogens is 250 g/mol. The lowest BCUT2D eigenvalue weighted by molar-refractivity contribution is 0.184. The van der Waals surface area contributed by atoms with Crippen LogP contribution >= 0.6 is 0 Å². The Kier molecular flexibility index (Phi) is 5.59. The number of hydrogen-bond acceptors (Lipinski definition) is 3. The van der Waals surface area contributed by atoms with E-state index in [0.29, 0.717) is 6.61 Å². The third kappa shape index (κ3) is 4.08. The van der Waals surface area contributed by atoms with E-state index in [4.69, 9.17) is 4.74 Å². The zero-order valence-corrected chi connectivity index (χ0v) is 11.8. The van der Waals surface area contributed by atoms with E-state index in [1.807, 2.05) is 49.4 Å². The van der Waals surface area contributed by atoms with Gasteiger partial charge in [0.05, 0.1) is 12.6 Å². The topological polar surface area (TPSA) is 41.5 Å². The van der Waals surface area contributed by atoms with E-state index < -0.39 is 0 Å². The minimum Gasteiger partial charge on any atom is -0.492 e. The number of benzene rings is 2. The van der Waals surface area contributed by atoms with E-state index >= 15 is 0 Å². The lowest BCUT2D eigenvalue weighted by Gasteiger charge is -2.16. The lowest BCUT2D eigenvalue weighted by Crippen LogP contribution is -2.37. The van der Waals surface area contributed by atoms with Crippen LogP contribution in [0.3, 0.4) is 0 Å². The molecule has 2 aromatic carbocycles. The van der Waals surface area contributed by atoms with Crippen molar-refractivity contribution < 1.29 is 9.84 Å². The van der Waals surface area contributed by atoms with Gasteiger partial charge in [-0.3, -0.25) is 0 Å². The average molecular weight is 271 g/mol. The van der Waals surface area contributed by atoms with Crippen molar-refractivity contribution in [2.75, 3.05) is 19.8 Å². The van der Waals surface area contributed by atoms with Gasteiger partial charge < -0.3 is 15.2 Å². The number of ether oxygens (including phenoxy) is 1. The Morgan fingerprint density at radius 3 is 2.25 bits per heavy atom. The second-order valence-electron chi connectivity index (χ2n) is 4.64. The Balaban J connectivity index is 1.95. The highest BCUT2D eigenvalue weighted by atomic mass is 16.5. The molecule has 0 aliphatic heterocycles. The molecule has 0 aromatic heterocycles. The zero-order chi connectivity index (χ0) is 14.2. The molecule has 3 heteroatoms. The fourth-order valence-corrected chi connectivity index (χ4v) is 2.04. The summed E-state index contributed by atoms with van der Waals surface area (Å²) in [4.78, 5) is 0. The monoisotopic (exact) mass is 271 g/mol. The maximum Gasteiger partial charge on any atom is 0.119 e. The summed E-state index contributed by atoms with van der Waals surface area (Å²) in [7, 11) is 0. The minimum absolute atomic E-state index is 0.0196. The van der Waals surface area contributed by atoms with E-state index in [1.54, 1.807) is 0 Å². The van der Waals surface area contributed by atoms with Crippen LogP contribution in [0.25, 0.3) is 11.1 Å². The van der Waals surface area contributed by atoms with E-state index in [0.717, 1.165) is 12.3 Å². The van der Waals surface area contributed by atoms with Gasteiger partial charge in [-0.05, 0) is 29.8 Å². The minimum atomic E-state index is -0.0196. The van der Waals surface area contributed by atoms with Crippen LogP contribution in [0.4, 0.5) is 0 Å². The highest BCUT2D eigenvalue weighted by Gasteiger charge is 2.06. The first-order valence-corrected chi connectivity index (χ1v) is 6.96. The van der Waals surface area contributed by atoms with E-state index in [-0.39, 0.29) is 12.6 Å². The number of likely N-dealkylation sites (N-methyl/N-ethyl adjacent to an activating group) is 1. The molecule has 1 atom stereocenters. The van der Waals surface area contributed by atoms with Crippen LogP contribution in [-0.4, -0.2) is 30.9 Å².